The average Bonchev–Trinajstić information content (AvgIpc) is 2.84. The fourth-order valence-corrected chi connectivity index (χ4v) is 6.87. The van der Waals surface area contributed by atoms with Gasteiger partial charge in [-0.05, 0) is 41.0 Å². The summed E-state index contributed by atoms with van der Waals surface area (Å²) in [6, 6.07) is 8.80. The third-order valence-electron chi connectivity index (χ3n) is 2.97. The molecule has 10 heteroatoms. The second kappa shape index (κ2) is 6.59. The van der Waals surface area contributed by atoms with Gasteiger partial charge in [0.2, 0.25) is 0 Å². The van der Waals surface area contributed by atoms with E-state index in [1.807, 2.05) is 18.4 Å². The van der Waals surface area contributed by atoms with Crippen molar-refractivity contribution < 1.29 is 28.7 Å². The molecule has 0 unspecified atom stereocenters. The third-order valence-corrected chi connectivity index (χ3v) is 8.64. The highest BCUT2D eigenvalue weighted by Crippen LogP contribution is 2.71. The summed E-state index contributed by atoms with van der Waals surface area (Å²) < 4.78 is 23.1. The van der Waals surface area contributed by atoms with Crippen molar-refractivity contribution in [1.29, 1.82) is 0 Å². The highest BCUT2D eigenvalue weighted by molar-refractivity contribution is 7.98. The second-order valence-electron chi connectivity index (χ2n) is 4.48. The van der Waals surface area contributed by atoms with Crippen LogP contribution in [0, 0.1) is 0 Å². The molecule has 1 aromatic carbocycles. The van der Waals surface area contributed by atoms with E-state index in [0.29, 0.717) is 11.1 Å². The van der Waals surface area contributed by atoms with Gasteiger partial charge in [0.05, 0.1) is 0 Å². The van der Waals surface area contributed by atoms with Gasteiger partial charge in [-0.1, -0.05) is 12.1 Å². The van der Waals surface area contributed by atoms with Crippen molar-refractivity contribution in [3.05, 3.63) is 40.6 Å². The van der Waals surface area contributed by atoms with Crippen molar-refractivity contribution >= 4 is 38.3 Å². The third kappa shape index (κ3) is 3.91. The summed E-state index contributed by atoms with van der Waals surface area (Å²) in [5, 5.41) is -0.568. The zero-order valence-corrected chi connectivity index (χ0v) is 14.8. The van der Waals surface area contributed by atoms with Crippen LogP contribution < -0.4 is 0 Å². The van der Waals surface area contributed by atoms with Crippen molar-refractivity contribution in [3.63, 3.8) is 0 Å². The van der Waals surface area contributed by atoms with E-state index in [2.05, 4.69) is 0 Å². The monoisotopic (exact) mass is 380 g/mol. The summed E-state index contributed by atoms with van der Waals surface area (Å²) in [5.74, 6) is 0. The molecule has 0 spiro atoms. The van der Waals surface area contributed by atoms with E-state index in [1.54, 1.807) is 35.3 Å². The predicted octanol–water partition coefficient (Wildman–Crippen LogP) is 3.49. The normalized spacial score (nSPS) is 12.8. The number of rotatable bonds is 5. The van der Waals surface area contributed by atoms with Crippen LogP contribution in [-0.4, -0.2) is 25.8 Å². The molecule has 0 atom stereocenters. The zero-order chi connectivity index (χ0) is 16.5. The fourth-order valence-electron chi connectivity index (χ4n) is 2.03. The maximum absolute atomic E-state index is 11.6. The summed E-state index contributed by atoms with van der Waals surface area (Å²) in [6.07, 6.45) is 1.92. The Balaban J connectivity index is 2.56. The van der Waals surface area contributed by atoms with E-state index < -0.39 is 20.6 Å². The number of thioether (sulfide) groups is 1. The number of hydrogen-bond donors (Lipinski definition) is 4. The Kier molecular flexibility index (Phi) is 5.37. The van der Waals surface area contributed by atoms with Gasteiger partial charge >= 0.3 is 15.2 Å². The first-order chi connectivity index (χ1) is 10.1. The Bertz CT molecular complexity index is 723. The highest BCUT2D eigenvalue weighted by atomic mass is 32.2. The Labute approximate surface area is 135 Å². The molecule has 1 heterocycles. The molecule has 0 radical (unpaired) electrons. The van der Waals surface area contributed by atoms with Gasteiger partial charge in [-0.25, -0.2) is 0 Å². The average molecular weight is 380 g/mol. The number of hydrogen-bond acceptors (Lipinski definition) is 4. The molecule has 1 aromatic heterocycles. The van der Waals surface area contributed by atoms with Crippen molar-refractivity contribution in [1.82, 2.24) is 0 Å². The lowest BCUT2D eigenvalue weighted by atomic mass is 10.1. The van der Waals surface area contributed by atoms with Crippen LogP contribution in [0.5, 0.6) is 0 Å². The van der Waals surface area contributed by atoms with E-state index in [1.165, 1.54) is 0 Å². The summed E-state index contributed by atoms with van der Waals surface area (Å²) in [6.45, 7) is 0. The topological polar surface area (TPSA) is 115 Å². The molecular formula is C12H14O6P2S2. The second-order valence-corrected chi connectivity index (χ2v) is 10.1. The highest BCUT2D eigenvalue weighted by Gasteiger charge is 2.46. The molecule has 0 fully saturated rings. The molecule has 0 aliphatic heterocycles. The molecule has 0 aliphatic carbocycles. The van der Waals surface area contributed by atoms with Crippen LogP contribution in [0.1, 0.15) is 10.3 Å². The molecule has 0 saturated heterocycles. The van der Waals surface area contributed by atoms with Gasteiger partial charge in [-0.3, -0.25) is 9.13 Å². The van der Waals surface area contributed by atoms with Crippen molar-refractivity contribution in [2.24, 2.45) is 0 Å². The molecule has 0 amide bonds. The van der Waals surface area contributed by atoms with Gasteiger partial charge in [0.15, 0.2) is 5.40 Å². The minimum absolute atomic E-state index is 0.00133. The summed E-state index contributed by atoms with van der Waals surface area (Å²) in [7, 11) is -10.0. The number of benzene rings is 1. The van der Waals surface area contributed by atoms with E-state index in [0.717, 1.165) is 16.2 Å². The first-order valence-electron chi connectivity index (χ1n) is 5.97. The fraction of sp³-hybridized carbons (Fsp3) is 0.167. The number of thiophene rings is 1. The minimum atomic E-state index is -5.01. The standard InChI is InChI=1S/C12H14O6P2S2/c1-21-9-4-2-8(3-5-9)10-6-7-22-11(10)12(19(13,14)15)20(16,17)18/h2-7,12H,1H3,(H2,13,14,15)(H2,16,17,18). The SMILES string of the molecule is CSc1ccc(-c2ccsc2C(P(=O)(O)O)P(=O)(O)O)cc1. The van der Waals surface area contributed by atoms with Crippen LogP contribution in [0.2, 0.25) is 0 Å². The van der Waals surface area contributed by atoms with Gasteiger partial charge in [-0.2, -0.15) is 0 Å². The molecule has 0 aliphatic rings. The van der Waals surface area contributed by atoms with Gasteiger partial charge in [0.1, 0.15) is 0 Å². The van der Waals surface area contributed by atoms with Crippen molar-refractivity contribution in [3.8, 4) is 11.1 Å². The summed E-state index contributed by atoms with van der Waals surface area (Å²) in [4.78, 5) is 38.5. The lowest BCUT2D eigenvalue weighted by Gasteiger charge is -2.20. The van der Waals surface area contributed by atoms with Gasteiger partial charge in [-0.15, -0.1) is 23.1 Å². The molecule has 0 bridgehead atoms. The van der Waals surface area contributed by atoms with E-state index in [4.69, 9.17) is 0 Å². The van der Waals surface area contributed by atoms with Crippen LogP contribution in [0.25, 0.3) is 11.1 Å². The predicted molar refractivity (Wildman–Crippen MR) is 88.4 cm³/mol. The van der Waals surface area contributed by atoms with Gasteiger partial charge in [0, 0.05) is 9.77 Å². The van der Waals surface area contributed by atoms with Crippen molar-refractivity contribution in [2.75, 3.05) is 6.26 Å². The summed E-state index contributed by atoms with van der Waals surface area (Å²) >= 11 is 2.47. The minimum Gasteiger partial charge on any atom is -0.324 e. The van der Waals surface area contributed by atoms with Crippen molar-refractivity contribution in [2.45, 2.75) is 10.3 Å². The molecule has 6 nitrogen and oxygen atoms in total. The Morgan fingerprint density at radius 3 is 2.00 bits per heavy atom. The maximum atomic E-state index is 11.6. The van der Waals surface area contributed by atoms with Gasteiger partial charge < -0.3 is 19.6 Å². The quantitative estimate of drug-likeness (QED) is 0.464. The Hall–Kier alpha value is -0.430. The molecular weight excluding hydrogens is 366 g/mol. The van der Waals surface area contributed by atoms with Crippen LogP contribution >= 0.6 is 38.3 Å². The van der Waals surface area contributed by atoms with Crippen LogP contribution in [0.15, 0.2) is 40.6 Å². The van der Waals surface area contributed by atoms with Crippen LogP contribution in [-0.2, 0) is 9.13 Å². The maximum Gasteiger partial charge on any atom is 0.346 e. The van der Waals surface area contributed by atoms with Crippen LogP contribution in [0.3, 0.4) is 0 Å². The Morgan fingerprint density at radius 2 is 1.55 bits per heavy atom. The largest absolute Gasteiger partial charge is 0.346 e. The zero-order valence-electron chi connectivity index (χ0n) is 11.4. The molecule has 2 aromatic rings. The first kappa shape index (κ1) is 17.9. The van der Waals surface area contributed by atoms with Crippen LogP contribution in [0.4, 0.5) is 0 Å². The lowest BCUT2D eigenvalue weighted by Crippen LogP contribution is -2.00. The first-order valence-corrected chi connectivity index (χ1v) is 11.4. The van der Waals surface area contributed by atoms with E-state index >= 15 is 0 Å². The van der Waals surface area contributed by atoms with E-state index in [9.17, 15) is 28.7 Å². The van der Waals surface area contributed by atoms with E-state index in [-0.39, 0.29) is 4.88 Å². The molecule has 22 heavy (non-hydrogen) atoms. The summed E-state index contributed by atoms with van der Waals surface area (Å²) in [5.41, 5.74) is 1.08. The molecule has 4 N–H and O–H groups in total. The van der Waals surface area contributed by atoms with Gasteiger partial charge in [0.25, 0.3) is 0 Å². The lowest BCUT2D eigenvalue weighted by molar-refractivity contribution is 0.340. The Morgan fingerprint density at radius 1 is 1.00 bits per heavy atom. The molecule has 2 rings (SSSR count). The molecule has 120 valence electrons. The smallest absolute Gasteiger partial charge is 0.324 e. The molecule has 0 saturated carbocycles.